The summed E-state index contributed by atoms with van der Waals surface area (Å²) in [5.74, 6) is -1.03. The van der Waals surface area contributed by atoms with E-state index in [0.29, 0.717) is 22.8 Å². The summed E-state index contributed by atoms with van der Waals surface area (Å²) in [5.41, 5.74) is 9.29. The van der Waals surface area contributed by atoms with E-state index >= 15 is 0 Å². The van der Waals surface area contributed by atoms with Gasteiger partial charge in [-0.3, -0.25) is 19.0 Å². The van der Waals surface area contributed by atoms with Crippen molar-refractivity contribution in [2.24, 2.45) is 10.8 Å². The molecular formula is C25H21FN6O2. The van der Waals surface area contributed by atoms with Crippen LogP contribution in [0.15, 0.2) is 78.0 Å². The third-order valence-electron chi connectivity index (χ3n) is 5.72. The third-order valence-corrected chi connectivity index (χ3v) is 5.72. The van der Waals surface area contributed by atoms with Crippen molar-refractivity contribution < 1.29 is 14.0 Å². The lowest BCUT2D eigenvalue weighted by Gasteiger charge is -2.20. The fourth-order valence-electron chi connectivity index (χ4n) is 4.00. The van der Waals surface area contributed by atoms with Gasteiger partial charge >= 0.3 is 0 Å². The number of hydrazone groups is 1. The first-order chi connectivity index (χ1) is 16.4. The Hall–Kier alpha value is -4.53. The van der Waals surface area contributed by atoms with E-state index in [1.807, 2.05) is 60.0 Å². The molecule has 4 aromatic rings. The Balaban J connectivity index is 1.52. The summed E-state index contributed by atoms with van der Waals surface area (Å²) in [5, 5.41) is 8.64. The average Bonchev–Trinajstić information content (AvgIpc) is 3.44. The van der Waals surface area contributed by atoms with Crippen LogP contribution in [0.2, 0.25) is 0 Å². The molecule has 34 heavy (non-hydrogen) atoms. The van der Waals surface area contributed by atoms with E-state index in [4.69, 9.17) is 10.7 Å². The van der Waals surface area contributed by atoms with E-state index in [2.05, 4.69) is 10.4 Å². The molecule has 3 N–H and O–H groups in total. The number of primary amides is 1. The molecule has 2 aromatic heterocycles. The highest BCUT2D eigenvalue weighted by atomic mass is 19.1. The van der Waals surface area contributed by atoms with Crippen LogP contribution in [0, 0.1) is 12.7 Å². The van der Waals surface area contributed by atoms with Crippen molar-refractivity contribution in [1.82, 2.24) is 9.38 Å². The molecule has 5 rings (SSSR count). The lowest BCUT2D eigenvalue weighted by molar-refractivity contribution is -0.119. The van der Waals surface area contributed by atoms with Crippen LogP contribution in [0.1, 0.15) is 12.0 Å². The second-order valence-corrected chi connectivity index (χ2v) is 8.00. The molecule has 0 saturated carbocycles. The van der Waals surface area contributed by atoms with Crippen LogP contribution in [-0.2, 0) is 9.59 Å². The van der Waals surface area contributed by atoms with Gasteiger partial charge in [-0.2, -0.15) is 5.10 Å². The monoisotopic (exact) mass is 456 g/mol. The highest BCUT2D eigenvalue weighted by molar-refractivity contribution is 6.44. The molecule has 8 nitrogen and oxygen atoms in total. The average molecular weight is 456 g/mol. The number of hydrogen-bond donors (Lipinski definition) is 2. The van der Waals surface area contributed by atoms with Gasteiger partial charge in [0.15, 0.2) is 0 Å². The van der Waals surface area contributed by atoms with Crippen LogP contribution >= 0.6 is 0 Å². The molecule has 2 amide bonds. The molecule has 1 aliphatic rings. The number of hydrogen-bond acceptors (Lipinski definition) is 5. The number of nitrogens with one attached hydrogen (secondary N) is 1. The van der Waals surface area contributed by atoms with Crippen molar-refractivity contribution in [3.05, 3.63) is 84.3 Å². The number of anilines is 2. The Morgan fingerprint density at radius 1 is 1.06 bits per heavy atom. The van der Waals surface area contributed by atoms with Crippen molar-refractivity contribution in [1.29, 1.82) is 0 Å². The minimum atomic E-state index is -0.857. The van der Waals surface area contributed by atoms with Gasteiger partial charge in [-0.05, 0) is 42.8 Å². The zero-order valence-electron chi connectivity index (χ0n) is 18.3. The number of aryl methyl sites for hydroxylation is 1. The minimum Gasteiger partial charge on any atom is -0.368 e. The van der Waals surface area contributed by atoms with Gasteiger partial charge in [0.2, 0.25) is 5.91 Å². The van der Waals surface area contributed by atoms with Crippen molar-refractivity contribution in [2.45, 2.75) is 19.4 Å². The number of pyridine rings is 1. The van der Waals surface area contributed by atoms with Gasteiger partial charge in [-0.15, -0.1) is 0 Å². The molecule has 1 unspecified atom stereocenters. The van der Waals surface area contributed by atoms with Crippen molar-refractivity contribution in [2.75, 3.05) is 10.3 Å². The maximum absolute atomic E-state index is 13.4. The molecule has 3 heterocycles. The topological polar surface area (TPSA) is 105 Å². The van der Waals surface area contributed by atoms with Gasteiger partial charge in [0.1, 0.15) is 34.7 Å². The van der Waals surface area contributed by atoms with Gasteiger partial charge < -0.3 is 11.1 Å². The van der Waals surface area contributed by atoms with Crippen LogP contribution in [0.5, 0.6) is 0 Å². The maximum atomic E-state index is 13.4. The Labute approximate surface area is 194 Å². The number of fused-ring (bicyclic) bond motifs is 1. The number of carbonyl (C=O) groups excluding carboxylic acids is 2. The number of nitrogens with two attached hydrogens (primary N) is 1. The van der Waals surface area contributed by atoms with Crippen LogP contribution < -0.4 is 16.1 Å². The SMILES string of the molecule is Cc1cccn2c(NC(=O)C3=NN(c4ccc(F)cc4)C(C(N)=O)C3)c(-c3ccccc3)nc12. The fraction of sp³-hybridized carbons (Fsp3) is 0.120. The second-order valence-electron chi connectivity index (χ2n) is 8.00. The fourth-order valence-corrected chi connectivity index (χ4v) is 4.00. The predicted octanol–water partition coefficient (Wildman–Crippen LogP) is 3.51. The molecule has 1 aliphatic heterocycles. The Kier molecular flexibility index (Phi) is 5.29. The highest BCUT2D eigenvalue weighted by Gasteiger charge is 2.35. The van der Waals surface area contributed by atoms with E-state index in [0.717, 1.165) is 11.1 Å². The number of halogens is 1. The Morgan fingerprint density at radius 2 is 1.79 bits per heavy atom. The first-order valence-corrected chi connectivity index (χ1v) is 10.7. The van der Waals surface area contributed by atoms with E-state index in [-0.39, 0.29) is 12.1 Å². The molecule has 0 saturated heterocycles. The summed E-state index contributed by atoms with van der Waals surface area (Å²) in [6, 6.07) is 18.0. The molecule has 170 valence electrons. The molecule has 0 fully saturated rings. The van der Waals surface area contributed by atoms with E-state index in [9.17, 15) is 14.0 Å². The van der Waals surface area contributed by atoms with Crippen LogP contribution in [0.3, 0.4) is 0 Å². The first-order valence-electron chi connectivity index (χ1n) is 10.7. The number of aromatic nitrogens is 2. The van der Waals surface area contributed by atoms with E-state index in [1.54, 1.807) is 0 Å². The summed E-state index contributed by atoms with van der Waals surface area (Å²) < 4.78 is 15.2. The summed E-state index contributed by atoms with van der Waals surface area (Å²) >= 11 is 0. The molecular weight excluding hydrogens is 435 g/mol. The maximum Gasteiger partial charge on any atom is 0.273 e. The standard InChI is InChI=1S/C25H21FN6O2/c1-15-6-5-13-31-23(15)28-21(16-7-3-2-4-8-16)24(31)29-25(34)19-14-20(22(27)33)32(30-19)18-11-9-17(26)10-12-18/h2-13,20H,14H2,1H3,(H2,27,33)(H,29,34). The van der Waals surface area contributed by atoms with E-state index in [1.165, 1.54) is 29.3 Å². The van der Waals surface area contributed by atoms with Crippen LogP contribution in [-0.4, -0.2) is 33.0 Å². The molecule has 1 atom stereocenters. The van der Waals surface area contributed by atoms with Crippen molar-refractivity contribution >= 4 is 34.7 Å². The molecule has 0 bridgehead atoms. The van der Waals surface area contributed by atoms with Gasteiger partial charge in [-0.25, -0.2) is 9.37 Å². The Bertz CT molecular complexity index is 1430. The Morgan fingerprint density at radius 3 is 2.50 bits per heavy atom. The van der Waals surface area contributed by atoms with Crippen LogP contribution in [0.25, 0.3) is 16.9 Å². The zero-order valence-corrected chi connectivity index (χ0v) is 18.3. The van der Waals surface area contributed by atoms with Crippen molar-refractivity contribution in [3.63, 3.8) is 0 Å². The smallest absolute Gasteiger partial charge is 0.273 e. The first kappa shape index (κ1) is 21.3. The van der Waals surface area contributed by atoms with Crippen LogP contribution in [0.4, 0.5) is 15.9 Å². The zero-order chi connectivity index (χ0) is 23.8. The second kappa shape index (κ2) is 8.43. The number of rotatable bonds is 5. The minimum absolute atomic E-state index is 0.0228. The van der Waals surface area contributed by atoms with Gasteiger partial charge in [-0.1, -0.05) is 36.4 Å². The summed E-state index contributed by atoms with van der Waals surface area (Å²) in [6.07, 6.45) is 1.85. The lowest BCUT2D eigenvalue weighted by Crippen LogP contribution is -2.39. The quantitative estimate of drug-likeness (QED) is 0.479. The summed E-state index contributed by atoms with van der Waals surface area (Å²) in [6.45, 7) is 1.95. The summed E-state index contributed by atoms with van der Waals surface area (Å²) in [7, 11) is 0. The number of carbonyl (C=O) groups is 2. The predicted molar refractivity (Wildman–Crippen MR) is 128 cm³/mol. The molecule has 0 aliphatic carbocycles. The molecule has 9 heteroatoms. The number of benzene rings is 2. The molecule has 0 spiro atoms. The summed E-state index contributed by atoms with van der Waals surface area (Å²) in [4.78, 5) is 30.1. The largest absolute Gasteiger partial charge is 0.368 e. The third kappa shape index (κ3) is 3.77. The normalized spacial score (nSPS) is 15.4. The van der Waals surface area contributed by atoms with Crippen molar-refractivity contribution in [3.8, 4) is 11.3 Å². The number of imidazole rings is 1. The van der Waals surface area contributed by atoms with Gasteiger partial charge in [0, 0.05) is 18.2 Å². The van der Waals surface area contributed by atoms with Gasteiger partial charge in [0.25, 0.3) is 5.91 Å². The highest BCUT2D eigenvalue weighted by Crippen LogP contribution is 2.31. The van der Waals surface area contributed by atoms with Gasteiger partial charge in [0.05, 0.1) is 5.69 Å². The molecule has 0 radical (unpaired) electrons. The lowest BCUT2D eigenvalue weighted by atomic mass is 10.1. The van der Waals surface area contributed by atoms with E-state index < -0.39 is 23.7 Å². The molecule has 2 aromatic carbocycles. The number of amides is 2. The number of nitrogens with zero attached hydrogens (tertiary/aromatic N) is 4.